The van der Waals surface area contributed by atoms with E-state index in [-0.39, 0.29) is 12.1 Å². The van der Waals surface area contributed by atoms with Gasteiger partial charge in [-0.1, -0.05) is 6.07 Å². The van der Waals surface area contributed by atoms with Gasteiger partial charge in [-0.15, -0.1) is 0 Å². The summed E-state index contributed by atoms with van der Waals surface area (Å²) in [7, 11) is 0. The Morgan fingerprint density at radius 3 is 2.97 bits per heavy atom. The first-order chi connectivity index (χ1) is 14.0. The maximum atomic E-state index is 12.9. The first-order valence-electron chi connectivity index (χ1n) is 9.85. The number of hydrogen-bond acceptors (Lipinski definition) is 3. The Morgan fingerprint density at radius 2 is 2.17 bits per heavy atom. The Kier molecular flexibility index (Phi) is 3.87. The monoisotopic (exact) mass is 390 g/mol. The lowest BCUT2D eigenvalue weighted by Gasteiger charge is -2.59. The standard InChI is InChI=1S/C22H22N4O3/c1-14-6-7-16(10-18(14)15-12-23-19-5-3-9-25(19)13-15)24-21(29)26-17-4-2-8-22(26,11-17)20(27)28/h3,5-7,9-10,12-13,17H,2,4,8,11H2,1H3,(H,24,29)(H,27,28). The number of rotatable bonds is 3. The van der Waals surface area contributed by atoms with Crippen LogP contribution in [0.5, 0.6) is 0 Å². The maximum absolute atomic E-state index is 12.9. The molecule has 3 aromatic rings. The zero-order valence-corrected chi connectivity index (χ0v) is 16.1. The number of nitrogens with zero attached hydrogens (tertiary/aromatic N) is 3. The number of fused-ring (bicyclic) bond motifs is 3. The van der Waals surface area contributed by atoms with Gasteiger partial charge in [0.1, 0.15) is 11.2 Å². The van der Waals surface area contributed by atoms with Crippen molar-refractivity contribution in [1.29, 1.82) is 0 Å². The zero-order chi connectivity index (χ0) is 20.2. The molecule has 2 atom stereocenters. The first-order valence-corrected chi connectivity index (χ1v) is 9.85. The fourth-order valence-electron chi connectivity index (χ4n) is 4.81. The highest BCUT2D eigenvalue weighted by atomic mass is 16.4. The van der Waals surface area contributed by atoms with Crippen molar-refractivity contribution in [2.24, 2.45) is 0 Å². The van der Waals surface area contributed by atoms with E-state index < -0.39 is 11.5 Å². The molecule has 29 heavy (non-hydrogen) atoms. The number of amides is 2. The summed E-state index contributed by atoms with van der Waals surface area (Å²) in [6.07, 6.45) is 8.57. The molecule has 2 aliphatic rings. The van der Waals surface area contributed by atoms with E-state index in [1.54, 1.807) is 0 Å². The second kappa shape index (κ2) is 6.34. The quantitative estimate of drug-likeness (QED) is 0.710. The minimum Gasteiger partial charge on any atom is -0.479 e. The zero-order valence-electron chi connectivity index (χ0n) is 16.1. The molecule has 2 N–H and O–H groups in total. The number of aryl methyl sites for hydroxylation is 1. The lowest BCUT2D eigenvalue weighted by atomic mass is 9.68. The topological polar surface area (TPSA) is 86.9 Å². The van der Waals surface area contributed by atoms with Gasteiger partial charge in [0.25, 0.3) is 0 Å². The van der Waals surface area contributed by atoms with Gasteiger partial charge in [-0.25, -0.2) is 14.6 Å². The SMILES string of the molecule is Cc1ccc(NC(=O)N2C3CCCC2(C(=O)O)C3)cc1-c1cnc2cccn2c1. The van der Waals surface area contributed by atoms with E-state index in [4.69, 9.17) is 0 Å². The van der Waals surface area contributed by atoms with Gasteiger partial charge < -0.3 is 19.7 Å². The Bertz CT molecular complexity index is 1130. The third kappa shape index (κ3) is 2.68. The second-order valence-corrected chi connectivity index (χ2v) is 8.03. The molecule has 2 bridgehead atoms. The Hall–Kier alpha value is -3.35. The lowest BCUT2D eigenvalue weighted by Crippen LogP contribution is -2.74. The summed E-state index contributed by atoms with van der Waals surface area (Å²) >= 11 is 0. The van der Waals surface area contributed by atoms with Gasteiger partial charge in [0, 0.05) is 42.3 Å². The summed E-state index contributed by atoms with van der Waals surface area (Å²) in [6.45, 7) is 2.01. The summed E-state index contributed by atoms with van der Waals surface area (Å²) in [4.78, 5) is 30.7. The highest BCUT2D eigenvalue weighted by Gasteiger charge is 2.61. The number of piperidine rings is 1. The van der Waals surface area contributed by atoms with Crippen molar-refractivity contribution in [3.8, 4) is 11.1 Å². The molecule has 7 heteroatoms. The van der Waals surface area contributed by atoms with Crippen molar-refractivity contribution in [2.75, 3.05) is 5.32 Å². The number of hydrogen-bond donors (Lipinski definition) is 2. The van der Waals surface area contributed by atoms with Crippen molar-refractivity contribution in [2.45, 2.75) is 44.2 Å². The number of benzene rings is 1. The summed E-state index contributed by atoms with van der Waals surface area (Å²) in [5, 5.41) is 12.6. The predicted molar refractivity (Wildman–Crippen MR) is 109 cm³/mol. The number of aromatic nitrogens is 2. The number of carbonyl (C=O) groups is 2. The number of aliphatic carboxylic acids is 1. The highest BCUT2D eigenvalue weighted by Crippen LogP contribution is 2.48. The van der Waals surface area contributed by atoms with Crippen LogP contribution >= 0.6 is 0 Å². The minimum atomic E-state index is -1.04. The molecule has 1 aromatic carbocycles. The van der Waals surface area contributed by atoms with Crippen molar-refractivity contribution in [1.82, 2.24) is 14.3 Å². The number of carboxylic acid groups (broad SMARTS) is 1. The summed E-state index contributed by atoms with van der Waals surface area (Å²) in [5.41, 5.74) is 3.48. The Morgan fingerprint density at radius 1 is 1.31 bits per heavy atom. The molecule has 0 spiro atoms. The molecule has 148 valence electrons. The second-order valence-electron chi connectivity index (χ2n) is 8.03. The van der Waals surface area contributed by atoms with Gasteiger partial charge in [0.15, 0.2) is 0 Å². The molecule has 0 radical (unpaired) electrons. The van der Waals surface area contributed by atoms with Crippen LogP contribution in [0.1, 0.15) is 31.2 Å². The number of urea groups is 1. The molecule has 2 aromatic heterocycles. The highest BCUT2D eigenvalue weighted by molar-refractivity contribution is 5.96. The van der Waals surface area contributed by atoms with Crippen molar-refractivity contribution in [3.05, 3.63) is 54.5 Å². The molecule has 0 aliphatic carbocycles. The molecule has 2 fully saturated rings. The van der Waals surface area contributed by atoms with E-state index in [9.17, 15) is 14.7 Å². The van der Waals surface area contributed by atoms with Crippen molar-refractivity contribution >= 4 is 23.3 Å². The van der Waals surface area contributed by atoms with Gasteiger partial charge in [-0.2, -0.15) is 0 Å². The summed E-state index contributed by atoms with van der Waals surface area (Å²) in [6, 6.07) is 9.29. The Balaban J connectivity index is 1.43. The van der Waals surface area contributed by atoms with Crippen LogP contribution in [-0.4, -0.2) is 43.0 Å². The molecule has 2 amide bonds. The number of nitrogens with one attached hydrogen (secondary N) is 1. The predicted octanol–water partition coefficient (Wildman–Crippen LogP) is 3.92. The number of carboxylic acids is 1. The summed E-state index contributed by atoms with van der Waals surface area (Å²) < 4.78 is 1.96. The molecular formula is C22H22N4O3. The molecule has 7 nitrogen and oxygen atoms in total. The lowest BCUT2D eigenvalue weighted by molar-refractivity contribution is -0.169. The van der Waals surface area contributed by atoms with Crippen molar-refractivity contribution < 1.29 is 14.7 Å². The first kappa shape index (κ1) is 17.7. The molecule has 4 heterocycles. The molecular weight excluding hydrogens is 368 g/mol. The van der Waals surface area contributed by atoms with E-state index in [0.29, 0.717) is 18.5 Å². The average Bonchev–Trinajstić information content (AvgIpc) is 3.17. The van der Waals surface area contributed by atoms with Crippen LogP contribution in [0.25, 0.3) is 16.8 Å². The largest absolute Gasteiger partial charge is 0.479 e. The smallest absolute Gasteiger partial charge is 0.329 e. The minimum absolute atomic E-state index is 0.0186. The third-order valence-corrected chi connectivity index (χ3v) is 6.31. The molecule has 2 aliphatic heterocycles. The van der Waals surface area contributed by atoms with Crippen LogP contribution < -0.4 is 5.32 Å². The van der Waals surface area contributed by atoms with Gasteiger partial charge in [0.05, 0.1) is 0 Å². The average molecular weight is 390 g/mol. The van der Waals surface area contributed by atoms with Crippen LogP contribution in [0.15, 0.2) is 48.9 Å². The van der Waals surface area contributed by atoms with Crippen LogP contribution in [0.3, 0.4) is 0 Å². The van der Waals surface area contributed by atoms with Crippen LogP contribution in [-0.2, 0) is 4.79 Å². The van der Waals surface area contributed by atoms with Crippen molar-refractivity contribution in [3.63, 3.8) is 0 Å². The van der Waals surface area contributed by atoms with Gasteiger partial charge in [-0.3, -0.25) is 0 Å². The van der Waals surface area contributed by atoms with Gasteiger partial charge in [0.2, 0.25) is 0 Å². The Labute approximate surface area is 168 Å². The van der Waals surface area contributed by atoms with E-state index in [1.807, 2.05) is 60.2 Å². The van der Waals surface area contributed by atoms with Crippen LogP contribution in [0, 0.1) is 6.92 Å². The van der Waals surface area contributed by atoms with E-state index in [1.165, 1.54) is 4.90 Å². The summed E-state index contributed by atoms with van der Waals surface area (Å²) in [5.74, 6) is -0.903. The number of anilines is 1. The normalized spacial score (nSPS) is 22.9. The fourth-order valence-corrected chi connectivity index (χ4v) is 4.81. The third-order valence-electron chi connectivity index (χ3n) is 6.31. The van der Waals surface area contributed by atoms with Gasteiger partial charge in [-0.05, 0) is 61.6 Å². The van der Waals surface area contributed by atoms with E-state index in [0.717, 1.165) is 35.2 Å². The molecule has 5 rings (SSSR count). The van der Waals surface area contributed by atoms with Gasteiger partial charge >= 0.3 is 12.0 Å². The molecule has 0 saturated carbocycles. The molecule has 2 saturated heterocycles. The maximum Gasteiger partial charge on any atom is 0.329 e. The molecule has 2 unspecified atom stereocenters. The number of carbonyl (C=O) groups excluding carboxylic acids is 1. The van der Waals surface area contributed by atoms with Crippen LogP contribution in [0.2, 0.25) is 0 Å². The van der Waals surface area contributed by atoms with E-state index in [2.05, 4.69) is 10.3 Å². The van der Waals surface area contributed by atoms with E-state index >= 15 is 0 Å². The van der Waals surface area contributed by atoms with Crippen LogP contribution in [0.4, 0.5) is 10.5 Å². The fraction of sp³-hybridized carbons (Fsp3) is 0.318.